The van der Waals surface area contributed by atoms with Gasteiger partial charge in [0.15, 0.2) is 0 Å². The second kappa shape index (κ2) is 21.0. The maximum Gasteiger partial charge on any atom is 0.304 e. The molecule has 0 radical (unpaired) electrons. The minimum Gasteiger partial charge on any atom is -0.550 e. The number of aromatic amines is 1. The largest absolute Gasteiger partial charge is 0.550 e. The van der Waals surface area contributed by atoms with E-state index in [4.69, 9.17) is 0 Å². The predicted octanol–water partition coefficient (Wildman–Crippen LogP) is 4.03. The number of hydrogen-bond acceptors (Lipinski definition) is 9. The number of H-pyrrole nitrogens is 1. The Hall–Kier alpha value is -6.86. The number of amides is 3. The zero-order valence-corrected chi connectivity index (χ0v) is 40.1. The van der Waals surface area contributed by atoms with Gasteiger partial charge < -0.3 is 40.4 Å². The first-order valence-electron chi connectivity index (χ1n) is 22.7. The van der Waals surface area contributed by atoms with Crippen molar-refractivity contribution in [2.75, 3.05) is 54.9 Å². The van der Waals surface area contributed by atoms with Crippen LogP contribution in [0.25, 0.3) is 21.1 Å². The Labute approximate surface area is 400 Å². The van der Waals surface area contributed by atoms with Gasteiger partial charge in [-0.1, -0.05) is 78.6 Å². The number of carbonyl (C=O) groups is 5. The van der Waals surface area contributed by atoms with E-state index < -0.39 is 41.1 Å². The third-order valence-electron chi connectivity index (χ3n) is 12.6. The van der Waals surface area contributed by atoms with Crippen LogP contribution in [-0.4, -0.2) is 115 Å². The van der Waals surface area contributed by atoms with Gasteiger partial charge in [-0.2, -0.15) is 0 Å². The van der Waals surface area contributed by atoms with E-state index in [0.29, 0.717) is 43.3 Å². The Morgan fingerprint density at radius 3 is 2.03 bits per heavy atom. The van der Waals surface area contributed by atoms with Crippen LogP contribution in [0.5, 0.6) is 0 Å². The van der Waals surface area contributed by atoms with Gasteiger partial charge in [0.05, 0.1) is 74.8 Å². The summed E-state index contributed by atoms with van der Waals surface area (Å²) in [5.74, 6) is 3.09. The first-order valence-corrected chi connectivity index (χ1v) is 23.5. The van der Waals surface area contributed by atoms with Gasteiger partial charge in [-0.3, -0.25) is 24.1 Å². The van der Waals surface area contributed by atoms with Crippen LogP contribution in [0.4, 0.5) is 0 Å². The highest BCUT2D eigenvalue weighted by Gasteiger charge is 2.46. The number of nitrogens with zero attached hydrogens (tertiary/aromatic N) is 3. The van der Waals surface area contributed by atoms with E-state index in [1.54, 1.807) is 0 Å². The van der Waals surface area contributed by atoms with Crippen LogP contribution in [0.1, 0.15) is 51.2 Å². The van der Waals surface area contributed by atoms with Gasteiger partial charge >= 0.3 is 5.97 Å². The van der Waals surface area contributed by atoms with Crippen molar-refractivity contribution >= 4 is 62.1 Å². The van der Waals surface area contributed by atoms with E-state index in [1.165, 1.54) is 11.3 Å². The molecule has 68 heavy (non-hydrogen) atoms. The fourth-order valence-corrected chi connectivity index (χ4v) is 10.1. The van der Waals surface area contributed by atoms with Crippen molar-refractivity contribution in [3.05, 3.63) is 136 Å². The molecule has 4 aromatic carbocycles. The average Bonchev–Trinajstić information content (AvgIpc) is 4.07. The highest BCUT2D eigenvalue weighted by molar-refractivity contribution is 7.18. The number of carboxylic acids is 2. The number of nitrogens with one attached hydrogen (secondary N) is 4. The van der Waals surface area contributed by atoms with Crippen molar-refractivity contribution in [3.63, 3.8) is 0 Å². The molecule has 0 spiro atoms. The quantitative estimate of drug-likeness (QED) is 0.0704. The number of carboxylic acid groups (broad SMARTS) is 2. The Morgan fingerprint density at radius 1 is 0.838 bits per heavy atom. The van der Waals surface area contributed by atoms with Crippen LogP contribution < -0.4 is 21.1 Å². The highest BCUT2D eigenvalue weighted by Crippen LogP contribution is 2.41. The Balaban J connectivity index is 0.000000203. The maximum atomic E-state index is 13.7. The molecule has 354 valence electrons. The summed E-state index contributed by atoms with van der Waals surface area (Å²) in [7, 11) is 10.1. The lowest BCUT2D eigenvalue weighted by Crippen LogP contribution is -2.55. The van der Waals surface area contributed by atoms with Crippen molar-refractivity contribution < 1.29 is 38.7 Å². The number of aliphatic carboxylic acids is 2. The lowest BCUT2D eigenvalue weighted by molar-refractivity contribution is -0.869. The molecule has 2 heterocycles. The van der Waals surface area contributed by atoms with Crippen LogP contribution in [0, 0.1) is 22.7 Å². The first kappa shape index (κ1) is 49.1. The number of benzene rings is 4. The number of rotatable bonds is 16. The number of quaternary nitrogens is 1. The zero-order valence-electron chi connectivity index (χ0n) is 39.2. The normalized spacial score (nSPS) is 14.7. The fourth-order valence-electron chi connectivity index (χ4n) is 9.13. The molecule has 0 saturated heterocycles. The summed E-state index contributed by atoms with van der Waals surface area (Å²) < 4.78 is 1.70. The molecule has 2 aliphatic carbocycles. The number of carbonyl (C=O) groups excluding carboxylic acids is 4. The second-order valence-corrected chi connectivity index (χ2v) is 20.4. The van der Waals surface area contributed by atoms with Gasteiger partial charge in [-0.15, -0.1) is 11.3 Å². The third-order valence-corrected chi connectivity index (χ3v) is 13.6. The summed E-state index contributed by atoms with van der Waals surface area (Å²) in [5, 5.41) is 31.8. The highest BCUT2D eigenvalue weighted by atomic mass is 32.1. The molecule has 15 heteroatoms. The topological polar surface area (TPSA) is 197 Å². The minimum absolute atomic E-state index is 0.192. The Bertz CT molecular complexity index is 2850. The molecule has 6 aromatic rings. The summed E-state index contributed by atoms with van der Waals surface area (Å²) in [6.07, 6.45) is 3.01. The van der Waals surface area contributed by atoms with Crippen LogP contribution in [0.3, 0.4) is 0 Å². The van der Waals surface area contributed by atoms with Gasteiger partial charge in [0.1, 0.15) is 11.0 Å². The van der Waals surface area contributed by atoms with Crippen molar-refractivity contribution in [2.45, 2.75) is 57.5 Å². The van der Waals surface area contributed by atoms with Crippen molar-refractivity contribution in [1.82, 2.24) is 30.8 Å². The van der Waals surface area contributed by atoms with Crippen LogP contribution in [-0.2, 0) is 62.6 Å². The smallest absolute Gasteiger partial charge is 0.304 e. The molecule has 5 N–H and O–H groups in total. The fraction of sp³-hybridized carbons (Fsp3) is 0.358. The molecular weight excluding hydrogens is 879 g/mol. The molecule has 0 saturated carbocycles. The van der Waals surface area contributed by atoms with E-state index in [0.717, 1.165) is 66.1 Å². The molecule has 0 fully saturated rings. The van der Waals surface area contributed by atoms with Gasteiger partial charge in [-0.25, -0.2) is 4.98 Å². The van der Waals surface area contributed by atoms with E-state index in [9.17, 15) is 34.2 Å². The molecule has 0 bridgehead atoms. The van der Waals surface area contributed by atoms with Crippen LogP contribution >= 0.6 is 11.3 Å². The number of thiazole rings is 1. The second-order valence-electron chi connectivity index (χ2n) is 19.3. The van der Waals surface area contributed by atoms with Gasteiger partial charge in [0, 0.05) is 41.5 Å². The summed E-state index contributed by atoms with van der Waals surface area (Å²) in [6.45, 7) is 2.15. The monoisotopic (exact) mass is 937 g/mol. The molecule has 14 nitrogen and oxygen atoms in total. The van der Waals surface area contributed by atoms with E-state index in [-0.39, 0.29) is 31.2 Å². The van der Waals surface area contributed by atoms with Crippen LogP contribution in [0.2, 0.25) is 0 Å². The third kappa shape index (κ3) is 12.2. The summed E-state index contributed by atoms with van der Waals surface area (Å²) in [5.41, 5.74) is 5.51. The van der Waals surface area contributed by atoms with Crippen molar-refractivity contribution in [3.8, 4) is 11.8 Å². The van der Waals surface area contributed by atoms with Crippen molar-refractivity contribution in [2.24, 2.45) is 10.8 Å². The molecule has 8 rings (SSSR count). The van der Waals surface area contributed by atoms with Crippen LogP contribution in [0.15, 0.2) is 97.2 Å². The van der Waals surface area contributed by atoms with E-state index in [1.807, 2.05) is 137 Å². The van der Waals surface area contributed by atoms with Gasteiger partial charge in [0.2, 0.25) is 17.7 Å². The number of para-hydroxylation sites is 1. The van der Waals surface area contributed by atoms with E-state index in [2.05, 4.69) is 37.8 Å². The first-order chi connectivity index (χ1) is 32.4. The number of likely N-dealkylation sites (N-methyl/N-ethyl adjacent to an activating group) is 1. The van der Waals surface area contributed by atoms with E-state index >= 15 is 0 Å². The SMILES string of the molecule is CN(C)CC#Cc1ccc2nc(CNC(=O)C3(CC(=O)O)Cc4ccccc4C3)sc2c1.C[N+](C)(C)CCNC(=O)C(Cc1c[nH]c2ccccc12)NC(=O)C1(CC(=O)[O-])Cc2ccccc2C1. The molecule has 0 aliphatic heterocycles. The number of fused-ring (bicyclic) bond motifs is 4. The summed E-state index contributed by atoms with van der Waals surface area (Å²) in [6, 6.07) is 28.2. The summed E-state index contributed by atoms with van der Waals surface area (Å²) >= 11 is 1.52. The lowest BCUT2D eigenvalue weighted by atomic mass is 9.80. The minimum atomic E-state index is -1.28. The predicted molar refractivity (Wildman–Crippen MR) is 261 cm³/mol. The van der Waals surface area contributed by atoms with Gasteiger partial charge in [0.25, 0.3) is 0 Å². The van der Waals surface area contributed by atoms with Crippen molar-refractivity contribution in [1.29, 1.82) is 0 Å². The molecule has 1 unspecified atom stereocenters. The number of hydrogen-bond donors (Lipinski definition) is 5. The Kier molecular flexibility index (Phi) is 15.1. The summed E-state index contributed by atoms with van der Waals surface area (Å²) in [4.78, 5) is 73.3. The van der Waals surface area contributed by atoms with Gasteiger partial charge in [-0.05, 0) is 91.9 Å². The molecule has 2 aliphatic rings. The molecular formula is C53H59N7O7S. The number of aromatic nitrogens is 2. The standard InChI is InChI=1S/C28H34N4O4.C25H25N3O3S/c1-32(2,3)13-12-29-26(35)24(14-21-18-30-23-11-7-6-10-22(21)23)31-27(36)28(17-25(33)34)15-19-8-4-5-9-20(19)16-28;1-28(2)11-5-6-17-9-10-20-21(12-17)32-22(27-20)16-26-24(31)25(15-23(29)30)13-18-7-3-4-8-19(18)14-25/h4-11,18,24,30H,12-17H2,1-3H3,(H2-,29,31,33,34,35,36);3-4,7-10,12H,11,13-16H2,1-2H3,(H,26,31)(H,29,30). The Morgan fingerprint density at radius 2 is 1.44 bits per heavy atom. The molecule has 2 aromatic heterocycles. The molecule has 3 amide bonds. The lowest BCUT2D eigenvalue weighted by Gasteiger charge is -2.31. The molecule has 1 atom stereocenters. The maximum absolute atomic E-state index is 13.7. The average molecular weight is 938 g/mol. The zero-order chi connectivity index (χ0) is 48.6.